The zero-order valence-corrected chi connectivity index (χ0v) is 10.2. The number of carbonyl (C=O) groups is 1. The van der Waals surface area contributed by atoms with Gasteiger partial charge in [-0.1, -0.05) is 0 Å². The van der Waals surface area contributed by atoms with Crippen molar-refractivity contribution in [2.45, 2.75) is 6.43 Å². The molecule has 0 aliphatic rings. The average Bonchev–Trinajstić information content (AvgIpc) is 2.26. The summed E-state index contributed by atoms with van der Waals surface area (Å²) in [6, 6.07) is 2.60. The number of aromatic nitrogens is 1. The van der Waals surface area contributed by atoms with Crippen molar-refractivity contribution in [2.75, 3.05) is 7.11 Å². The van der Waals surface area contributed by atoms with Crippen LogP contribution in [-0.4, -0.2) is 18.1 Å². The number of carbonyl (C=O) groups excluding carboxylic acids is 1. The Balaban J connectivity index is 3.44. The molecule has 4 nitrogen and oxygen atoms in total. The Bertz CT molecular complexity index is 471. The molecule has 0 amide bonds. The minimum Gasteiger partial charge on any atom is -0.465 e. The molecule has 0 aliphatic heterocycles. The van der Waals surface area contributed by atoms with Crippen LogP contribution in [0.2, 0.25) is 0 Å². The summed E-state index contributed by atoms with van der Waals surface area (Å²) < 4.78 is 29.3. The molecule has 0 fully saturated rings. The summed E-state index contributed by atoms with van der Waals surface area (Å²) in [5.74, 6) is -0.834. The van der Waals surface area contributed by atoms with E-state index in [1.165, 1.54) is 0 Å². The highest BCUT2D eigenvalue weighted by Crippen LogP contribution is 2.23. The zero-order valence-electron chi connectivity index (χ0n) is 8.00. The molecule has 1 aromatic heterocycles. The molecule has 0 saturated heterocycles. The topological polar surface area (TPSA) is 63.0 Å². The third-order valence-corrected chi connectivity index (χ3v) is 2.52. The Kier molecular flexibility index (Phi) is 4.12. The standard InChI is InChI=1S/C9H5F2IN2O2/c1-16-9(15)4-2-6(7(10)11)14-8(12)5(4)3-13/h2,7H,1H3. The lowest BCUT2D eigenvalue weighted by atomic mass is 10.1. The first-order valence-electron chi connectivity index (χ1n) is 3.98. The Morgan fingerprint density at radius 2 is 2.31 bits per heavy atom. The summed E-state index contributed by atoms with van der Waals surface area (Å²) in [4.78, 5) is 14.8. The predicted octanol–water partition coefficient (Wildman–Crippen LogP) is 2.28. The van der Waals surface area contributed by atoms with Gasteiger partial charge in [-0.25, -0.2) is 18.6 Å². The molecule has 0 spiro atoms. The van der Waals surface area contributed by atoms with Crippen LogP contribution < -0.4 is 0 Å². The van der Waals surface area contributed by atoms with Crippen LogP contribution in [0.1, 0.15) is 28.0 Å². The van der Waals surface area contributed by atoms with Gasteiger partial charge in [-0.2, -0.15) is 5.26 Å². The van der Waals surface area contributed by atoms with Gasteiger partial charge in [-0.3, -0.25) is 0 Å². The fourth-order valence-electron chi connectivity index (χ4n) is 1.02. The van der Waals surface area contributed by atoms with Crippen molar-refractivity contribution in [1.82, 2.24) is 4.98 Å². The molecule has 0 radical (unpaired) electrons. The van der Waals surface area contributed by atoms with Crippen LogP contribution in [0, 0.1) is 15.0 Å². The highest BCUT2D eigenvalue weighted by molar-refractivity contribution is 14.1. The molecule has 0 bridgehead atoms. The van der Waals surface area contributed by atoms with E-state index in [0.29, 0.717) is 0 Å². The largest absolute Gasteiger partial charge is 0.465 e. The molecule has 1 rings (SSSR count). The van der Waals surface area contributed by atoms with Crippen molar-refractivity contribution >= 4 is 28.6 Å². The van der Waals surface area contributed by atoms with Crippen LogP contribution in [0.3, 0.4) is 0 Å². The summed E-state index contributed by atoms with van der Waals surface area (Å²) in [5, 5.41) is 8.78. The third-order valence-electron chi connectivity index (χ3n) is 1.74. The van der Waals surface area contributed by atoms with Gasteiger partial charge in [-0.15, -0.1) is 0 Å². The predicted molar refractivity (Wildman–Crippen MR) is 58.0 cm³/mol. The van der Waals surface area contributed by atoms with Gasteiger partial charge >= 0.3 is 5.97 Å². The van der Waals surface area contributed by atoms with Gasteiger partial charge in [0.1, 0.15) is 15.5 Å². The number of methoxy groups -OCH3 is 1. The molecule has 16 heavy (non-hydrogen) atoms. The van der Waals surface area contributed by atoms with Gasteiger partial charge in [0.05, 0.1) is 18.2 Å². The van der Waals surface area contributed by atoms with E-state index in [-0.39, 0.29) is 14.8 Å². The lowest BCUT2D eigenvalue weighted by Gasteiger charge is -2.06. The number of nitrogens with zero attached hydrogens (tertiary/aromatic N) is 2. The van der Waals surface area contributed by atoms with E-state index < -0.39 is 18.1 Å². The Hall–Kier alpha value is -1.30. The number of halogens is 3. The number of hydrogen-bond donors (Lipinski definition) is 0. The molecule has 84 valence electrons. The molecule has 1 aromatic rings. The fourth-order valence-corrected chi connectivity index (χ4v) is 1.71. The summed E-state index contributed by atoms with van der Waals surface area (Å²) in [7, 11) is 1.11. The van der Waals surface area contributed by atoms with Crippen molar-refractivity contribution in [3.8, 4) is 6.07 Å². The van der Waals surface area contributed by atoms with Gasteiger partial charge in [0, 0.05) is 0 Å². The number of hydrogen-bond acceptors (Lipinski definition) is 4. The van der Waals surface area contributed by atoms with Crippen LogP contribution >= 0.6 is 22.6 Å². The van der Waals surface area contributed by atoms with Gasteiger partial charge in [0.2, 0.25) is 0 Å². The summed E-state index contributed by atoms with van der Waals surface area (Å²) in [6.07, 6.45) is -2.80. The molecule has 0 atom stereocenters. The lowest BCUT2D eigenvalue weighted by molar-refractivity contribution is 0.0599. The Morgan fingerprint density at radius 3 is 2.75 bits per heavy atom. The van der Waals surface area contributed by atoms with Crippen molar-refractivity contribution in [3.05, 3.63) is 26.6 Å². The maximum atomic E-state index is 12.4. The summed E-state index contributed by atoms with van der Waals surface area (Å²) in [6.45, 7) is 0. The lowest BCUT2D eigenvalue weighted by Crippen LogP contribution is -2.09. The average molecular weight is 338 g/mol. The number of rotatable bonds is 2. The zero-order chi connectivity index (χ0) is 12.3. The number of pyridine rings is 1. The number of nitriles is 1. The maximum Gasteiger partial charge on any atom is 0.339 e. The molecule has 1 heterocycles. The quantitative estimate of drug-likeness (QED) is 0.472. The highest BCUT2D eigenvalue weighted by Gasteiger charge is 2.20. The SMILES string of the molecule is COC(=O)c1cc(C(F)F)nc(I)c1C#N. The van der Waals surface area contributed by atoms with Crippen LogP contribution in [0.5, 0.6) is 0 Å². The number of esters is 1. The molecule has 0 aromatic carbocycles. The smallest absolute Gasteiger partial charge is 0.339 e. The van der Waals surface area contributed by atoms with Crippen molar-refractivity contribution in [3.63, 3.8) is 0 Å². The van der Waals surface area contributed by atoms with E-state index in [1.54, 1.807) is 28.7 Å². The molecule has 0 aliphatic carbocycles. The van der Waals surface area contributed by atoms with Crippen molar-refractivity contribution < 1.29 is 18.3 Å². The van der Waals surface area contributed by atoms with Gasteiger partial charge in [0.15, 0.2) is 0 Å². The minimum atomic E-state index is -2.80. The van der Waals surface area contributed by atoms with Crippen molar-refractivity contribution in [2.24, 2.45) is 0 Å². The summed E-state index contributed by atoms with van der Waals surface area (Å²) >= 11 is 1.62. The van der Waals surface area contributed by atoms with E-state index in [4.69, 9.17) is 5.26 Å². The normalized spacial score (nSPS) is 10.0. The first kappa shape index (κ1) is 12.8. The highest BCUT2D eigenvalue weighted by atomic mass is 127. The summed E-state index contributed by atoms with van der Waals surface area (Å²) in [5.41, 5.74) is -0.805. The van der Waals surface area contributed by atoms with E-state index in [2.05, 4.69) is 9.72 Å². The molecule has 0 saturated carbocycles. The second kappa shape index (κ2) is 5.16. The van der Waals surface area contributed by atoms with Crippen LogP contribution in [0.25, 0.3) is 0 Å². The first-order chi connectivity index (χ1) is 7.51. The molecular weight excluding hydrogens is 333 g/mol. The fraction of sp³-hybridized carbons (Fsp3) is 0.222. The van der Waals surface area contributed by atoms with Crippen LogP contribution in [0.4, 0.5) is 8.78 Å². The van der Waals surface area contributed by atoms with Crippen LogP contribution in [-0.2, 0) is 4.74 Å². The minimum absolute atomic E-state index is 0.0540. The van der Waals surface area contributed by atoms with Gasteiger partial charge < -0.3 is 4.74 Å². The molecule has 7 heteroatoms. The van der Waals surface area contributed by atoms with E-state index >= 15 is 0 Å². The second-order valence-corrected chi connectivity index (χ2v) is 3.69. The van der Waals surface area contributed by atoms with Crippen molar-refractivity contribution in [1.29, 1.82) is 5.26 Å². The van der Waals surface area contributed by atoms with Gasteiger partial charge in [0.25, 0.3) is 6.43 Å². The van der Waals surface area contributed by atoms with E-state index in [9.17, 15) is 13.6 Å². The molecule has 0 unspecified atom stereocenters. The number of ether oxygens (including phenoxy) is 1. The molecular formula is C9H5F2IN2O2. The van der Waals surface area contributed by atoms with E-state index in [0.717, 1.165) is 13.2 Å². The Morgan fingerprint density at radius 1 is 1.69 bits per heavy atom. The third kappa shape index (κ3) is 2.44. The number of alkyl halides is 2. The Labute approximate surface area is 103 Å². The monoisotopic (exact) mass is 338 g/mol. The maximum absolute atomic E-state index is 12.4. The first-order valence-corrected chi connectivity index (χ1v) is 5.06. The van der Waals surface area contributed by atoms with E-state index in [1.807, 2.05) is 0 Å². The second-order valence-electron chi connectivity index (χ2n) is 2.66. The molecule has 0 N–H and O–H groups in total. The van der Waals surface area contributed by atoms with Crippen LogP contribution in [0.15, 0.2) is 6.07 Å². The van der Waals surface area contributed by atoms with Gasteiger partial charge in [-0.05, 0) is 28.7 Å².